The summed E-state index contributed by atoms with van der Waals surface area (Å²) in [6.45, 7) is 9.32. The molecule has 3 aliphatic rings. The molecule has 7 heteroatoms. The van der Waals surface area contributed by atoms with E-state index in [1.807, 2.05) is 13.8 Å². The molecule has 2 aliphatic heterocycles. The Morgan fingerprint density at radius 1 is 1.21 bits per heavy atom. The minimum absolute atomic E-state index is 0.0405. The molecule has 1 saturated carbocycles. The van der Waals surface area contributed by atoms with E-state index in [2.05, 4.69) is 11.8 Å². The van der Waals surface area contributed by atoms with Crippen molar-refractivity contribution in [1.82, 2.24) is 9.88 Å². The first-order chi connectivity index (χ1) is 13.8. The molecular weight excluding hydrogens is 370 g/mol. The van der Waals surface area contributed by atoms with Gasteiger partial charge in [-0.3, -0.25) is 9.59 Å². The van der Waals surface area contributed by atoms with E-state index in [-0.39, 0.29) is 12.5 Å². The van der Waals surface area contributed by atoms with Crippen LogP contribution in [0.3, 0.4) is 0 Å². The summed E-state index contributed by atoms with van der Waals surface area (Å²) in [4.78, 5) is 33.1. The summed E-state index contributed by atoms with van der Waals surface area (Å²) in [6, 6.07) is 0. The minimum Gasteiger partial charge on any atom is -0.468 e. The highest BCUT2D eigenvalue weighted by molar-refractivity contribution is 6.01. The quantitative estimate of drug-likeness (QED) is 0.683. The highest BCUT2D eigenvalue weighted by atomic mass is 16.5. The third-order valence-corrected chi connectivity index (χ3v) is 6.70. The number of pyridine rings is 1. The predicted molar refractivity (Wildman–Crippen MR) is 109 cm³/mol. The van der Waals surface area contributed by atoms with E-state index in [1.165, 1.54) is 24.9 Å². The molecular formula is C22H31N3O4. The summed E-state index contributed by atoms with van der Waals surface area (Å²) in [5, 5.41) is 0. The van der Waals surface area contributed by atoms with E-state index in [4.69, 9.17) is 14.5 Å². The van der Waals surface area contributed by atoms with Crippen molar-refractivity contribution in [2.75, 3.05) is 38.3 Å². The van der Waals surface area contributed by atoms with E-state index >= 15 is 0 Å². The Hall–Kier alpha value is -2.15. The lowest BCUT2D eigenvalue weighted by Gasteiger charge is -2.34. The van der Waals surface area contributed by atoms with Crippen LogP contribution >= 0.6 is 0 Å². The van der Waals surface area contributed by atoms with Crippen LogP contribution in [0.15, 0.2) is 0 Å². The van der Waals surface area contributed by atoms with Crippen molar-refractivity contribution in [2.45, 2.75) is 59.1 Å². The standard InChI is InChI=1S/C22H31N3O4/c1-14-15(2)20(23-17-11-25(12-18(26)28-4)21(27)19(14)17)24-9-5-16(6-10-24)29-13-22(3)7-8-22/h16H,5-13H2,1-4H3. The van der Waals surface area contributed by atoms with Crippen molar-refractivity contribution >= 4 is 17.7 Å². The van der Waals surface area contributed by atoms with Gasteiger partial charge in [0.15, 0.2) is 0 Å². The molecule has 1 amide bonds. The smallest absolute Gasteiger partial charge is 0.325 e. The molecule has 1 saturated heterocycles. The van der Waals surface area contributed by atoms with E-state index < -0.39 is 5.97 Å². The summed E-state index contributed by atoms with van der Waals surface area (Å²) >= 11 is 0. The number of amides is 1. The number of hydrogen-bond acceptors (Lipinski definition) is 6. The molecule has 7 nitrogen and oxygen atoms in total. The number of anilines is 1. The Bertz CT molecular complexity index is 826. The fraction of sp³-hybridized carbons (Fsp3) is 0.682. The fourth-order valence-electron chi connectivity index (χ4n) is 4.22. The number of piperidine rings is 1. The van der Waals surface area contributed by atoms with Crippen molar-refractivity contribution in [3.05, 3.63) is 22.4 Å². The van der Waals surface area contributed by atoms with Crippen molar-refractivity contribution in [2.24, 2.45) is 5.41 Å². The van der Waals surface area contributed by atoms with Gasteiger partial charge in [0.2, 0.25) is 0 Å². The highest BCUT2D eigenvalue weighted by Gasteiger charge is 2.39. The lowest BCUT2D eigenvalue weighted by Crippen LogP contribution is -2.38. The Labute approximate surface area is 172 Å². The normalized spacial score (nSPS) is 20.8. The first kappa shape index (κ1) is 20.1. The highest BCUT2D eigenvalue weighted by Crippen LogP contribution is 2.45. The molecule has 158 valence electrons. The minimum atomic E-state index is -0.414. The first-order valence-corrected chi connectivity index (χ1v) is 10.5. The van der Waals surface area contributed by atoms with Crippen LogP contribution < -0.4 is 4.90 Å². The van der Waals surface area contributed by atoms with Gasteiger partial charge in [0.25, 0.3) is 5.91 Å². The Balaban J connectivity index is 1.45. The lowest BCUT2D eigenvalue weighted by atomic mass is 10.0. The van der Waals surface area contributed by atoms with Gasteiger partial charge in [-0.1, -0.05) is 6.92 Å². The summed E-state index contributed by atoms with van der Waals surface area (Å²) in [7, 11) is 1.33. The zero-order chi connectivity index (χ0) is 20.8. The van der Waals surface area contributed by atoms with E-state index in [0.29, 0.717) is 23.6 Å². The number of nitrogens with zero attached hydrogens (tertiary/aromatic N) is 3. The number of rotatable bonds is 6. The van der Waals surface area contributed by atoms with E-state index in [1.54, 1.807) is 0 Å². The van der Waals surface area contributed by atoms with Crippen molar-refractivity contribution in [1.29, 1.82) is 0 Å². The second-order valence-electron chi connectivity index (χ2n) is 9.05. The Morgan fingerprint density at radius 2 is 1.90 bits per heavy atom. The van der Waals surface area contributed by atoms with E-state index in [9.17, 15) is 9.59 Å². The molecule has 29 heavy (non-hydrogen) atoms. The molecule has 4 rings (SSSR count). The zero-order valence-electron chi connectivity index (χ0n) is 17.9. The lowest BCUT2D eigenvalue weighted by molar-refractivity contribution is -0.141. The summed E-state index contributed by atoms with van der Waals surface area (Å²) < 4.78 is 10.9. The molecule has 0 spiro atoms. The Morgan fingerprint density at radius 3 is 2.52 bits per heavy atom. The zero-order valence-corrected chi connectivity index (χ0v) is 17.9. The monoisotopic (exact) mass is 401 g/mol. The molecule has 1 aromatic heterocycles. The van der Waals surface area contributed by atoms with Gasteiger partial charge in [-0.05, 0) is 56.1 Å². The van der Waals surface area contributed by atoms with Crippen LogP contribution in [0.4, 0.5) is 5.82 Å². The molecule has 3 heterocycles. The fourth-order valence-corrected chi connectivity index (χ4v) is 4.22. The van der Waals surface area contributed by atoms with Gasteiger partial charge in [0, 0.05) is 13.1 Å². The maximum atomic E-state index is 12.8. The average molecular weight is 402 g/mol. The van der Waals surface area contributed by atoms with Crippen LogP contribution in [-0.4, -0.2) is 61.2 Å². The Kier molecular flexibility index (Phi) is 5.27. The molecule has 0 N–H and O–H groups in total. The largest absolute Gasteiger partial charge is 0.468 e. The summed E-state index contributed by atoms with van der Waals surface area (Å²) in [5.74, 6) is 0.412. The van der Waals surface area contributed by atoms with Crippen LogP contribution in [0.5, 0.6) is 0 Å². The van der Waals surface area contributed by atoms with Crippen LogP contribution in [0.1, 0.15) is 59.8 Å². The number of carbonyl (C=O) groups is 2. The predicted octanol–water partition coefficient (Wildman–Crippen LogP) is 2.61. The molecule has 2 fully saturated rings. The second-order valence-corrected chi connectivity index (χ2v) is 9.05. The van der Waals surface area contributed by atoms with Crippen LogP contribution in [-0.2, 0) is 20.8 Å². The molecule has 0 aromatic carbocycles. The summed E-state index contributed by atoms with van der Waals surface area (Å²) in [6.07, 6.45) is 4.91. The van der Waals surface area contributed by atoms with Gasteiger partial charge < -0.3 is 19.3 Å². The number of ether oxygens (including phenoxy) is 2. The van der Waals surface area contributed by atoms with Crippen molar-refractivity contribution in [3.8, 4) is 0 Å². The molecule has 1 aliphatic carbocycles. The number of esters is 1. The van der Waals surface area contributed by atoms with Gasteiger partial charge in [0.05, 0.1) is 37.6 Å². The van der Waals surface area contributed by atoms with Crippen molar-refractivity contribution in [3.63, 3.8) is 0 Å². The molecule has 0 atom stereocenters. The number of methoxy groups -OCH3 is 1. The maximum absolute atomic E-state index is 12.8. The first-order valence-electron chi connectivity index (χ1n) is 10.5. The molecule has 1 aromatic rings. The molecule has 0 bridgehead atoms. The van der Waals surface area contributed by atoms with Crippen LogP contribution in [0.2, 0.25) is 0 Å². The number of carbonyl (C=O) groups excluding carboxylic acids is 2. The van der Waals surface area contributed by atoms with Gasteiger partial charge in [0.1, 0.15) is 12.4 Å². The van der Waals surface area contributed by atoms with Crippen LogP contribution in [0.25, 0.3) is 0 Å². The number of fused-ring (bicyclic) bond motifs is 1. The van der Waals surface area contributed by atoms with Gasteiger partial charge >= 0.3 is 5.97 Å². The van der Waals surface area contributed by atoms with E-state index in [0.717, 1.165) is 55.2 Å². The third-order valence-electron chi connectivity index (χ3n) is 6.70. The average Bonchev–Trinajstić information content (AvgIpc) is 3.37. The van der Waals surface area contributed by atoms with Crippen molar-refractivity contribution < 1.29 is 19.1 Å². The van der Waals surface area contributed by atoms with Crippen LogP contribution in [0, 0.1) is 19.3 Å². The topological polar surface area (TPSA) is 72.0 Å². The van der Waals surface area contributed by atoms with Gasteiger partial charge in [-0.2, -0.15) is 0 Å². The summed E-state index contributed by atoms with van der Waals surface area (Å²) in [5.41, 5.74) is 3.84. The molecule has 0 radical (unpaired) electrons. The second kappa shape index (κ2) is 7.59. The number of aromatic nitrogens is 1. The SMILES string of the molecule is COC(=O)CN1Cc2nc(N3CCC(OCC4(C)CC4)CC3)c(C)c(C)c2C1=O. The van der Waals surface area contributed by atoms with Gasteiger partial charge in [-0.15, -0.1) is 0 Å². The maximum Gasteiger partial charge on any atom is 0.325 e. The third kappa shape index (κ3) is 3.97. The number of hydrogen-bond donors (Lipinski definition) is 0. The molecule has 0 unspecified atom stereocenters. The van der Waals surface area contributed by atoms with Gasteiger partial charge in [-0.25, -0.2) is 4.98 Å².